The van der Waals surface area contributed by atoms with E-state index in [2.05, 4.69) is 47.1 Å². The van der Waals surface area contributed by atoms with Crippen molar-refractivity contribution in [3.8, 4) is 5.75 Å². The summed E-state index contributed by atoms with van der Waals surface area (Å²) in [6.07, 6.45) is 1.48. The summed E-state index contributed by atoms with van der Waals surface area (Å²) in [5.74, 6) is 0.318. The van der Waals surface area contributed by atoms with Crippen LogP contribution in [-0.4, -0.2) is 22.5 Å². The van der Waals surface area contributed by atoms with Gasteiger partial charge in [0.15, 0.2) is 5.82 Å². The number of rotatable bonds is 4. The molecule has 2 rings (SSSR count). The molecule has 6 nitrogen and oxygen atoms in total. The number of carbonyl (C=O) groups is 1. The van der Waals surface area contributed by atoms with Gasteiger partial charge in [0.25, 0.3) is 5.91 Å². The molecule has 21 heavy (non-hydrogen) atoms. The van der Waals surface area contributed by atoms with Crippen molar-refractivity contribution in [3.05, 3.63) is 39.2 Å². The number of benzene rings is 1. The number of hydrogen-bond donors (Lipinski definition) is 2. The Morgan fingerprint density at radius 2 is 2.19 bits per heavy atom. The molecule has 1 heterocycles. The number of anilines is 2. The fourth-order valence-corrected chi connectivity index (χ4v) is 2.58. The van der Waals surface area contributed by atoms with E-state index in [0.717, 1.165) is 0 Å². The Morgan fingerprint density at radius 1 is 1.43 bits per heavy atom. The van der Waals surface area contributed by atoms with Crippen molar-refractivity contribution >= 4 is 49.3 Å². The highest BCUT2D eigenvalue weighted by molar-refractivity contribution is 9.11. The summed E-state index contributed by atoms with van der Waals surface area (Å²) in [7, 11) is 0. The lowest BCUT2D eigenvalue weighted by Gasteiger charge is -2.12. The molecule has 0 saturated carbocycles. The predicted molar refractivity (Wildman–Crippen MR) is 87.4 cm³/mol. The van der Waals surface area contributed by atoms with E-state index in [1.165, 1.54) is 6.20 Å². The zero-order chi connectivity index (χ0) is 15.4. The number of hydrogen-bond acceptors (Lipinski definition) is 5. The third kappa shape index (κ3) is 3.70. The number of nitrogens with one attached hydrogen (secondary N) is 1. The Bertz CT molecular complexity index is 679. The van der Waals surface area contributed by atoms with Crippen LogP contribution in [0.4, 0.5) is 11.5 Å². The summed E-state index contributed by atoms with van der Waals surface area (Å²) >= 11 is 6.43. The first-order valence-electron chi connectivity index (χ1n) is 6.03. The topological polar surface area (TPSA) is 90.1 Å². The van der Waals surface area contributed by atoms with Crippen molar-refractivity contribution in [3.63, 3.8) is 0 Å². The van der Waals surface area contributed by atoms with Crippen molar-refractivity contribution in [2.75, 3.05) is 17.7 Å². The van der Waals surface area contributed by atoms with Crippen LogP contribution in [0.5, 0.6) is 5.75 Å². The number of aromatic nitrogens is 2. The zero-order valence-corrected chi connectivity index (χ0v) is 14.2. The summed E-state index contributed by atoms with van der Waals surface area (Å²) in [5.41, 5.74) is 6.48. The second-order valence-corrected chi connectivity index (χ2v) is 5.50. The van der Waals surface area contributed by atoms with Gasteiger partial charge in [-0.05, 0) is 50.9 Å². The lowest BCUT2D eigenvalue weighted by Crippen LogP contribution is -2.17. The lowest BCUT2D eigenvalue weighted by atomic mass is 10.1. The molecular weight excluding hydrogens is 404 g/mol. The molecule has 8 heteroatoms. The quantitative estimate of drug-likeness (QED) is 0.748. The van der Waals surface area contributed by atoms with Gasteiger partial charge in [-0.15, -0.1) is 0 Å². The molecule has 0 spiro atoms. The van der Waals surface area contributed by atoms with Crippen molar-refractivity contribution in [2.45, 2.75) is 6.92 Å². The molecule has 0 radical (unpaired) electrons. The normalized spacial score (nSPS) is 10.2. The molecule has 0 aliphatic heterocycles. The van der Waals surface area contributed by atoms with Gasteiger partial charge in [0.1, 0.15) is 20.5 Å². The Morgan fingerprint density at radius 3 is 2.86 bits per heavy atom. The van der Waals surface area contributed by atoms with Gasteiger partial charge < -0.3 is 15.8 Å². The minimum absolute atomic E-state index is 0.274. The van der Waals surface area contributed by atoms with Crippen LogP contribution in [0.2, 0.25) is 0 Å². The Hall–Kier alpha value is -1.67. The summed E-state index contributed by atoms with van der Waals surface area (Å²) in [6.45, 7) is 2.27. The molecule has 0 bridgehead atoms. The minimum atomic E-state index is -0.408. The van der Waals surface area contributed by atoms with Gasteiger partial charge in [-0.1, -0.05) is 6.07 Å². The number of nitrogen functional groups attached to an aromatic ring is 1. The minimum Gasteiger partial charge on any atom is -0.493 e. The molecule has 0 atom stereocenters. The Kier molecular flexibility index (Phi) is 5.13. The number of halogens is 2. The van der Waals surface area contributed by atoms with E-state index < -0.39 is 5.91 Å². The van der Waals surface area contributed by atoms with E-state index in [1.54, 1.807) is 18.2 Å². The number of nitrogens with two attached hydrogens (primary N) is 1. The number of carbonyl (C=O) groups excluding carboxylic acids is 1. The highest BCUT2D eigenvalue weighted by Crippen LogP contribution is 2.27. The van der Waals surface area contributed by atoms with Gasteiger partial charge in [-0.25, -0.2) is 9.97 Å². The van der Waals surface area contributed by atoms with E-state index in [1.807, 2.05) is 6.92 Å². The summed E-state index contributed by atoms with van der Waals surface area (Å²) < 4.78 is 6.40. The first kappa shape index (κ1) is 15.7. The van der Waals surface area contributed by atoms with Crippen molar-refractivity contribution < 1.29 is 9.53 Å². The molecule has 110 valence electrons. The fourth-order valence-electron chi connectivity index (χ4n) is 1.67. The summed E-state index contributed by atoms with van der Waals surface area (Å²) in [4.78, 5) is 20.6. The van der Waals surface area contributed by atoms with Crippen LogP contribution < -0.4 is 15.8 Å². The van der Waals surface area contributed by atoms with Crippen molar-refractivity contribution in [1.82, 2.24) is 9.97 Å². The molecular formula is C13H12Br2N4O2. The van der Waals surface area contributed by atoms with Crippen molar-refractivity contribution in [2.24, 2.45) is 0 Å². The van der Waals surface area contributed by atoms with E-state index in [4.69, 9.17) is 10.5 Å². The molecule has 0 fully saturated rings. The average Bonchev–Trinajstić information content (AvgIpc) is 2.42. The summed E-state index contributed by atoms with van der Waals surface area (Å²) in [5, 5.41) is 2.65. The van der Waals surface area contributed by atoms with Crippen LogP contribution in [0.15, 0.2) is 33.6 Å². The molecule has 3 N–H and O–H groups in total. The second kappa shape index (κ2) is 6.86. The number of amides is 1. The van der Waals surface area contributed by atoms with Crippen LogP contribution in [0.3, 0.4) is 0 Å². The molecule has 1 aromatic carbocycles. The average molecular weight is 416 g/mol. The Labute approximate surface area is 138 Å². The zero-order valence-electron chi connectivity index (χ0n) is 11.1. The molecule has 0 saturated heterocycles. The Balaban J connectivity index is 2.32. The van der Waals surface area contributed by atoms with Gasteiger partial charge in [-0.2, -0.15) is 0 Å². The molecule has 2 aromatic rings. The van der Waals surface area contributed by atoms with E-state index >= 15 is 0 Å². The molecule has 1 amide bonds. The predicted octanol–water partition coefficient (Wildman–Crippen LogP) is 3.23. The van der Waals surface area contributed by atoms with Crippen LogP contribution in [-0.2, 0) is 0 Å². The highest BCUT2D eigenvalue weighted by Gasteiger charge is 2.18. The molecule has 1 aromatic heterocycles. The summed E-state index contributed by atoms with van der Waals surface area (Å²) in [6, 6.07) is 5.06. The largest absolute Gasteiger partial charge is 0.493 e. The van der Waals surface area contributed by atoms with E-state index in [0.29, 0.717) is 33.1 Å². The maximum Gasteiger partial charge on any atom is 0.262 e. The smallest absolute Gasteiger partial charge is 0.262 e. The molecule has 0 aliphatic rings. The standard InChI is InChI=1S/C13H12Br2N4O2/c1-2-21-8-5-3-4-7(16)10(8)13(20)19-12-11(15)18-9(14)6-17-12/h3-6H,2,16H2,1H3,(H,17,19,20). The number of nitrogens with zero attached hydrogens (tertiary/aromatic N) is 2. The van der Waals surface area contributed by atoms with Crippen LogP contribution in [0, 0.1) is 0 Å². The third-order valence-corrected chi connectivity index (χ3v) is 3.45. The SMILES string of the molecule is CCOc1cccc(N)c1C(=O)Nc1ncc(Br)nc1Br. The first-order chi connectivity index (χ1) is 10.0. The van der Waals surface area contributed by atoms with Gasteiger partial charge in [-0.3, -0.25) is 4.79 Å². The van der Waals surface area contributed by atoms with Gasteiger partial charge in [0.2, 0.25) is 0 Å². The van der Waals surface area contributed by atoms with Gasteiger partial charge >= 0.3 is 0 Å². The maximum absolute atomic E-state index is 12.4. The number of ether oxygens (including phenoxy) is 1. The fraction of sp³-hybridized carbons (Fsp3) is 0.154. The van der Waals surface area contributed by atoms with Crippen LogP contribution >= 0.6 is 31.9 Å². The van der Waals surface area contributed by atoms with E-state index in [-0.39, 0.29) is 5.56 Å². The molecule has 0 unspecified atom stereocenters. The lowest BCUT2D eigenvalue weighted by molar-refractivity contribution is 0.102. The second-order valence-electron chi connectivity index (χ2n) is 3.94. The molecule has 0 aliphatic carbocycles. The van der Waals surface area contributed by atoms with Gasteiger partial charge in [0.05, 0.1) is 12.8 Å². The van der Waals surface area contributed by atoms with Crippen LogP contribution in [0.25, 0.3) is 0 Å². The van der Waals surface area contributed by atoms with Gasteiger partial charge in [0, 0.05) is 5.69 Å². The third-order valence-electron chi connectivity index (χ3n) is 2.52. The van der Waals surface area contributed by atoms with Crippen molar-refractivity contribution in [1.29, 1.82) is 0 Å². The van der Waals surface area contributed by atoms with Crippen LogP contribution in [0.1, 0.15) is 17.3 Å². The first-order valence-corrected chi connectivity index (χ1v) is 7.62. The van der Waals surface area contributed by atoms with E-state index in [9.17, 15) is 4.79 Å². The maximum atomic E-state index is 12.4. The highest BCUT2D eigenvalue weighted by atomic mass is 79.9. The monoisotopic (exact) mass is 414 g/mol.